The molecule has 1 atom stereocenters. The molecule has 3 aromatic heterocycles. The lowest BCUT2D eigenvalue weighted by Gasteiger charge is -2.28. The number of carbonyl (C=O) groups is 1. The van der Waals surface area contributed by atoms with E-state index in [1.165, 1.54) is 4.90 Å². The highest BCUT2D eigenvalue weighted by Gasteiger charge is 2.43. The molecule has 186 valence electrons. The third-order valence-corrected chi connectivity index (χ3v) is 7.93. The van der Waals surface area contributed by atoms with E-state index in [1.807, 2.05) is 28.6 Å². The Morgan fingerprint density at radius 3 is 2.66 bits per heavy atom. The third-order valence-electron chi connectivity index (χ3n) is 7.93. The fourth-order valence-corrected chi connectivity index (χ4v) is 5.87. The molecule has 0 radical (unpaired) electrons. The minimum absolute atomic E-state index is 0.0775. The molecule has 3 fully saturated rings. The summed E-state index contributed by atoms with van der Waals surface area (Å²) in [5, 5.41) is 21.7. The minimum Gasteiger partial charge on any atom is -0.465 e. The lowest BCUT2D eigenvalue weighted by atomic mass is 10.0. The maximum atomic E-state index is 13.5. The summed E-state index contributed by atoms with van der Waals surface area (Å²) in [6.45, 7) is 1.28. The summed E-state index contributed by atoms with van der Waals surface area (Å²) in [5.41, 5.74) is 8.25. The SMILES string of the molecule is CN(C[C@H]1CCCN1c1cc(-c2cn(C(C3CC3)C3CC3)c(=O)c3c(N)n[nH]c23)nn1C)C(=O)O. The summed E-state index contributed by atoms with van der Waals surface area (Å²) in [4.78, 5) is 28.5. The summed E-state index contributed by atoms with van der Waals surface area (Å²) < 4.78 is 3.75. The molecule has 2 aliphatic carbocycles. The zero-order valence-corrected chi connectivity index (χ0v) is 20.1. The number of amides is 1. The van der Waals surface area contributed by atoms with E-state index >= 15 is 0 Å². The van der Waals surface area contributed by atoms with Gasteiger partial charge in [0.2, 0.25) is 0 Å². The molecule has 3 aliphatic rings. The first-order chi connectivity index (χ1) is 16.8. The maximum absolute atomic E-state index is 13.5. The molecule has 0 aromatic carbocycles. The van der Waals surface area contributed by atoms with Gasteiger partial charge in [-0.25, -0.2) is 4.79 Å². The first-order valence-electron chi connectivity index (χ1n) is 12.5. The highest BCUT2D eigenvalue weighted by atomic mass is 16.4. The Kier molecular flexibility index (Phi) is 5.05. The van der Waals surface area contributed by atoms with Crippen LogP contribution in [0.1, 0.15) is 44.6 Å². The van der Waals surface area contributed by atoms with Crippen molar-refractivity contribution in [1.82, 2.24) is 29.4 Å². The number of likely N-dealkylation sites (N-methyl/N-ethyl adjacent to an activating group) is 1. The Balaban J connectivity index is 1.42. The Bertz CT molecular complexity index is 1340. The quantitative estimate of drug-likeness (QED) is 0.472. The van der Waals surface area contributed by atoms with Crippen molar-refractivity contribution in [3.8, 4) is 11.3 Å². The van der Waals surface area contributed by atoms with Crippen LogP contribution >= 0.6 is 0 Å². The Morgan fingerprint density at radius 2 is 2.00 bits per heavy atom. The molecule has 4 N–H and O–H groups in total. The number of rotatable bonds is 7. The molecule has 2 saturated carbocycles. The second-order valence-corrected chi connectivity index (χ2v) is 10.4. The van der Waals surface area contributed by atoms with Gasteiger partial charge >= 0.3 is 6.09 Å². The van der Waals surface area contributed by atoms with Gasteiger partial charge in [0.15, 0.2) is 5.82 Å². The highest BCUT2D eigenvalue weighted by molar-refractivity contribution is 5.97. The number of nitrogen functional groups attached to an aromatic ring is 1. The fourth-order valence-electron chi connectivity index (χ4n) is 5.87. The van der Waals surface area contributed by atoms with Crippen molar-refractivity contribution in [2.24, 2.45) is 18.9 Å². The summed E-state index contributed by atoms with van der Waals surface area (Å²) in [6, 6.07) is 2.33. The van der Waals surface area contributed by atoms with Gasteiger partial charge in [0, 0.05) is 57.1 Å². The van der Waals surface area contributed by atoms with Gasteiger partial charge in [-0.1, -0.05) is 0 Å². The number of aromatic nitrogens is 5. The Hall–Kier alpha value is -3.50. The second-order valence-electron chi connectivity index (χ2n) is 10.4. The minimum atomic E-state index is -0.926. The average molecular weight is 481 g/mol. The topological polar surface area (TPSA) is 138 Å². The van der Waals surface area contributed by atoms with Crippen molar-refractivity contribution in [2.75, 3.05) is 30.8 Å². The summed E-state index contributed by atoms with van der Waals surface area (Å²) >= 11 is 0. The molecule has 1 saturated heterocycles. The van der Waals surface area contributed by atoms with Gasteiger partial charge in [0.1, 0.15) is 11.2 Å². The Morgan fingerprint density at radius 1 is 1.29 bits per heavy atom. The van der Waals surface area contributed by atoms with Crippen LogP contribution in [0, 0.1) is 11.8 Å². The molecule has 0 spiro atoms. The van der Waals surface area contributed by atoms with Crippen LogP contribution in [-0.2, 0) is 7.05 Å². The molecule has 0 unspecified atom stereocenters. The Labute approximate surface area is 202 Å². The van der Waals surface area contributed by atoms with E-state index in [-0.39, 0.29) is 23.5 Å². The van der Waals surface area contributed by atoms with Crippen LogP contribution in [0.4, 0.5) is 16.4 Å². The summed E-state index contributed by atoms with van der Waals surface area (Å²) in [5.74, 6) is 2.25. The first kappa shape index (κ1) is 22.0. The van der Waals surface area contributed by atoms with Crippen molar-refractivity contribution in [2.45, 2.75) is 50.6 Å². The number of anilines is 2. The molecule has 11 heteroatoms. The summed E-state index contributed by atoms with van der Waals surface area (Å²) in [6.07, 6.45) is 7.60. The van der Waals surface area contributed by atoms with Crippen LogP contribution in [0.15, 0.2) is 17.1 Å². The van der Waals surface area contributed by atoms with Crippen molar-refractivity contribution in [1.29, 1.82) is 0 Å². The number of aromatic amines is 1. The number of H-pyrrole nitrogens is 1. The maximum Gasteiger partial charge on any atom is 0.407 e. The van der Waals surface area contributed by atoms with E-state index in [0.29, 0.717) is 29.3 Å². The van der Waals surface area contributed by atoms with Crippen LogP contribution in [0.5, 0.6) is 0 Å². The van der Waals surface area contributed by atoms with E-state index in [9.17, 15) is 14.7 Å². The first-order valence-corrected chi connectivity index (χ1v) is 12.5. The molecule has 3 aromatic rings. The molecule has 6 rings (SSSR count). The predicted octanol–water partition coefficient (Wildman–Crippen LogP) is 2.65. The number of carboxylic acid groups (broad SMARTS) is 1. The number of aryl methyl sites for hydroxylation is 1. The van der Waals surface area contributed by atoms with Crippen LogP contribution in [0.3, 0.4) is 0 Å². The van der Waals surface area contributed by atoms with Crippen molar-refractivity contribution < 1.29 is 9.90 Å². The van der Waals surface area contributed by atoms with Crippen molar-refractivity contribution in [3.63, 3.8) is 0 Å². The molecule has 35 heavy (non-hydrogen) atoms. The smallest absolute Gasteiger partial charge is 0.407 e. The molecular weight excluding hydrogens is 448 g/mol. The van der Waals surface area contributed by atoms with E-state index < -0.39 is 6.09 Å². The van der Waals surface area contributed by atoms with Gasteiger partial charge in [-0.15, -0.1) is 0 Å². The zero-order valence-electron chi connectivity index (χ0n) is 20.1. The number of nitrogens with zero attached hydrogens (tertiary/aromatic N) is 6. The number of pyridine rings is 1. The van der Waals surface area contributed by atoms with Crippen LogP contribution in [0.25, 0.3) is 22.2 Å². The number of nitrogens with two attached hydrogens (primary N) is 1. The number of hydrogen-bond donors (Lipinski definition) is 3. The van der Waals surface area contributed by atoms with Crippen LogP contribution < -0.4 is 16.2 Å². The van der Waals surface area contributed by atoms with Gasteiger partial charge in [-0.05, 0) is 50.4 Å². The standard InChI is InChI=1S/C24H32N8O3/c1-29(24(34)35)11-15-4-3-9-31(15)18-10-17(28-30(18)2)16-12-32(21(13-5-6-13)14-7-8-14)23(33)19-20(16)26-27-22(19)25/h10,12-15,21H,3-9,11H2,1-2H3,(H,34,35)(H3,25,26,27)/t15-/m1/s1. The zero-order chi connectivity index (χ0) is 24.4. The molecule has 1 aliphatic heterocycles. The van der Waals surface area contributed by atoms with Gasteiger partial charge < -0.3 is 25.2 Å². The third kappa shape index (κ3) is 3.73. The highest BCUT2D eigenvalue weighted by Crippen LogP contribution is 2.52. The second kappa shape index (κ2) is 8.03. The van der Waals surface area contributed by atoms with Crippen molar-refractivity contribution >= 4 is 28.6 Å². The molecule has 4 heterocycles. The van der Waals surface area contributed by atoms with Crippen molar-refractivity contribution in [3.05, 3.63) is 22.6 Å². The normalized spacial score (nSPS) is 20.3. The molecule has 1 amide bonds. The monoisotopic (exact) mass is 480 g/mol. The summed E-state index contributed by atoms with van der Waals surface area (Å²) in [7, 11) is 3.51. The largest absolute Gasteiger partial charge is 0.465 e. The molecule has 0 bridgehead atoms. The molecular formula is C24H32N8O3. The number of nitrogens with one attached hydrogen (secondary N) is 1. The predicted molar refractivity (Wildman–Crippen MR) is 132 cm³/mol. The van der Waals surface area contributed by atoms with Gasteiger partial charge in [0.05, 0.1) is 11.2 Å². The lowest BCUT2D eigenvalue weighted by Crippen LogP contribution is -2.41. The fraction of sp³-hybridized carbons (Fsp3) is 0.583. The molecule has 11 nitrogen and oxygen atoms in total. The van der Waals surface area contributed by atoms with E-state index in [1.54, 1.807) is 7.05 Å². The van der Waals surface area contributed by atoms with E-state index in [4.69, 9.17) is 10.8 Å². The average Bonchev–Trinajstić information content (AvgIpc) is 3.72. The van der Waals surface area contributed by atoms with E-state index in [0.717, 1.165) is 62.1 Å². The van der Waals surface area contributed by atoms with Gasteiger partial charge in [-0.2, -0.15) is 10.2 Å². The van der Waals surface area contributed by atoms with E-state index in [2.05, 4.69) is 15.1 Å². The lowest BCUT2D eigenvalue weighted by molar-refractivity contribution is 0.153. The number of fused-ring (bicyclic) bond motifs is 1. The van der Waals surface area contributed by atoms with Crippen LogP contribution in [0.2, 0.25) is 0 Å². The number of hydrogen-bond acceptors (Lipinski definition) is 6. The van der Waals surface area contributed by atoms with Gasteiger partial charge in [0.25, 0.3) is 5.56 Å². The van der Waals surface area contributed by atoms with Gasteiger partial charge in [-0.3, -0.25) is 14.6 Å². The van der Waals surface area contributed by atoms with Crippen LogP contribution in [-0.4, -0.2) is 66.8 Å².